The van der Waals surface area contributed by atoms with Crippen LogP contribution in [0.2, 0.25) is 0 Å². The second-order valence-electron chi connectivity index (χ2n) is 3.79. The van der Waals surface area contributed by atoms with Crippen LogP contribution < -0.4 is 5.32 Å². The number of hydrogen-bond donors (Lipinski definition) is 1. The van der Waals surface area contributed by atoms with Crippen LogP contribution in [0.1, 0.15) is 0 Å². The van der Waals surface area contributed by atoms with Crippen LogP contribution in [0.5, 0.6) is 0 Å². The molecule has 6 heteroatoms. The molecular formula is C11H13F2NO2S. The molecule has 1 N–H and O–H groups in total. The number of benzene rings is 1. The van der Waals surface area contributed by atoms with E-state index < -0.39 is 22.4 Å². The first-order chi connectivity index (χ1) is 8.16. The number of morpholine rings is 1. The van der Waals surface area contributed by atoms with Gasteiger partial charge in [0.05, 0.1) is 29.3 Å². The second-order valence-corrected chi connectivity index (χ2v) is 5.28. The van der Waals surface area contributed by atoms with Gasteiger partial charge in [0.2, 0.25) is 0 Å². The smallest absolute Gasteiger partial charge is 0.160 e. The first-order valence-electron chi connectivity index (χ1n) is 5.32. The standard InChI is InChI=1S/C11H13F2NO2S/c12-10-2-1-9(5-11(10)13)17(15)7-8-6-14-3-4-16-8/h1-2,5,8,14H,3-4,6-7H2. The summed E-state index contributed by atoms with van der Waals surface area (Å²) in [5.74, 6) is -1.61. The van der Waals surface area contributed by atoms with Crippen molar-refractivity contribution >= 4 is 10.8 Å². The molecule has 1 aliphatic heterocycles. The Morgan fingerprint density at radius 3 is 2.88 bits per heavy atom. The summed E-state index contributed by atoms with van der Waals surface area (Å²) in [4.78, 5) is 0.290. The molecule has 3 nitrogen and oxygen atoms in total. The van der Waals surface area contributed by atoms with Crippen molar-refractivity contribution in [3.63, 3.8) is 0 Å². The Kier molecular flexibility index (Phi) is 4.20. The first-order valence-corrected chi connectivity index (χ1v) is 6.64. The Hall–Kier alpha value is -0.850. The van der Waals surface area contributed by atoms with Crippen molar-refractivity contribution in [1.82, 2.24) is 5.32 Å². The summed E-state index contributed by atoms with van der Waals surface area (Å²) in [6.45, 7) is 2.00. The summed E-state index contributed by atoms with van der Waals surface area (Å²) < 4.78 is 43.0. The summed E-state index contributed by atoms with van der Waals surface area (Å²) >= 11 is 0. The molecule has 0 radical (unpaired) electrons. The SMILES string of the molecule is O=S(CC1CNCCO1)c1ccc(F)c(F)c1. The van der Waals surface area contributed by atoms with E-state index in [1.165, 1.54) is 6.07 Å². The fourth-order valence-corrected chi connectivity index (χ4v) is 2.81. The minimum atomic E-state index is -1.37. The maximum absolute atomic E-state index is 13.0. The van der Waals surface area contributed by atoms with E-state index in [2.05, 4.69) is 5.32 Å². The molecule has 17 heavy (non-hydrogen) atoms. The van der Waals surface area contributed by atoms with Crippen molar-refractivity contribution in [2.75, 3.05) is 25.4 Å². The van der Waals surface area contributed by atoms with Gasteiger partial charge >= 0.3 is 0 Å². The van der Waals surface area contributed by atoms with Crippen LogP contribution in [0.25, 0.3) is 0 Å². The number of hydrogen-bond acceptors (Lipinski definition) is 3. The molecule has 0 amide bonds. The third-order valence-electron chi connectivity index (χ3n) is 2.50. The molecule has 94 valence electrons. The van der Waals surface area contributed by atoms with Crippen molar-refractivity contribution in [1.29, 1.82) is 0 Å². The van der Waals surface area contributed by atoms with Gasteiger partial charge < -0.3 is 10.1 Å². The van der Waals surface area contributed by atoms with Crippen molar-refractivity contribution < 1.29 is 17.7 Å². The summed E-state index contributed by atoms with van der Waals surface area (Å²) in [5, 5.41) is 3.12. The lowest BCUT2D eigenvalue weighted by Gasteiger charge is -2.23. The molecule has 1 saturated heterocycles. The van der Waals surface area contributed by atoms with Gasteiger partial charge in [-0.1, -0.05) is 0 Å². The van der Waals surface area contributed by atoms with Gasteiger partial charge in [-0.25, -0.2) is 8.78 Å². The number of ether oxygens (including phenoxy) is 1. The molecule has 0 aromatic heterocycles. The van der Waals surface area contributed by atoms with E-state index in [4.69, 9.17) is 4.74 Å². The molecule has 0 saturated carbocycles. The molecule has 2 rings (SSSR count). The van der Waals surface area contributed by atoms with Gasteiger partial charge in [-0.3, -0.25) is 4.21 Å². The maximum atomic E-state index is 13.0. The lowest BCUT2D eigenvalue weighted by atomic mass is 10.3. The zero-order chi connectivity index (χ0) is 12.3. The lowest BCUT2D eigenvalue weighted by Crippen LogP contribution is -2.41. The highest BCUT2D eigenvalue weighted by Crippen LogP contribution is 2.14. The molecule has 1 aromatic carbocycles. The van der Waals surface area contributed by atoms with Gasteiger partial charge in [0.1, 0.15) is 0 Å². The predicted molar refractivity (Wildman–Crippen MR) is 60.2 cm³/mol. The Morgan fingerprint density at radius 2 is 2.24 bits per heavy atom. The number of rotatable bonds is 3. The minimum absolute atomic E-state index is 0.141. The molecule has 1 aliphatic rings. The van der Waals surface area contributed by atoms with Crippen LogP contribution in [0.3, 0.4) is 0 Å². The highest BCUT2D eigenvalue weighted by Gasteiger charge is 2.18. The molecule has 1 fully saturated rings. The van der Waals surface area contributed by atoms with Crippen LogP contribution in [-0.2, 0) is 15.5 Å². The molecule has 0 aliphatic carbocycles. The average molecular weight is 261 g/mol. The highest BCUT2D eigenvalue weighted by molar-refractivity contribution is 7.85. The lowest BCUT2D eigenvalue weighted by molar-refractivity contribution is 0.0435. The van der Waals surface area contributed by atoms with E-state index in [0.29, 0.717) is 13.2 Å². The van der Waals surface area contributed by atoms with Crippen molar-refractivity contribution in [2.24, 2.45) is 0 Å². The zero-order valence-electron chi connectivity index (χ0n) is 9.12. The van der Waals surface area contributed by atoms with Crippen molar-refractivity contribution in [3.05, 3.63) is 29.8 Å². The van der Waals surface area contributed by atoms with Crippen LogP contribution >= 0.6 is 0 Å². The van der Waals surface area contributed by atoms with Crippen LogP contribution in [0, 0.1) is 11.6 Å². The molecular weight excluding hydrogens is 248 g/mol. The zero-order valence-corrected chi connectivity index (χ0v) is 9.93. The van der Waals surface area contributed by atoms with Gasteiger partial charge in [0, 0.05) is 18.0 Å². The first kappa shape index (κ1) is 12.6. The van der Waals surface area contributed by atoms with Gasteiger partial charge in [-0.15, -0.1) is 0 Å². The van der Waals surface area contributed by atoms with Gasteiger partial charge in [-0.2, -0.15) is 0 Å². The molecule has 1 aromatic rings. The highest BCUT2D eigenvalue weighted by atomic mass is 32.2. The average Bonchev–Trinajstić information content (AvgIpc) is 2.34. The molecule has 0 bridgehead atoms. The Labute approximate surface area is 101 Å². The van der Waals surface area contributed by atoms with Gasteiger partial charge in [0.15, 0.2) is 11.6 Å². The quantitative estimate of drug-likeness (QED) is 0.884. The van der Waals surface area contributed by atoms with Crippen molar-refractivity contribution in [2.45, 2.75) is 11.0 Å². The third-order valence-corrected chi connectivity index (χ3v) is 3.95. The topological polar surface area (TPSA) is 38.3 Å². The fourth-order valence-electron chi connectivity index (χ4n) is 1.61. The largest absolute Gasteiger partial charge is 0.375 e. The fraction of sp³-hybridized carbons (Fsp3) is 0.455. The van der Waals surface area contributed by atoms with Crippen LogP contribution in [0.15, 0.2) is 23.1 Å². The molecule has 0 spiro atoms. The Bertz CT molecular complexity index is 422. The Morgan fingerprint density at radius 1 is 1.41 bits per heavy atom. The second kappa shape index (κ2) is 5.66. The molecule has 2 unspecified atom stereocenters. The minimum Gasteiger partial charge on any atom is -0.375 e. The number of halogens is 2. The van der Waals surface area contributed by atoms with Crippen molar-refractivity contribution in [3.8, 4) is 0 Å². The normalized spacial score (nSPS) is 22.4. The monoisotopic (exact) mass is 261 g/mol. The van der Waals surface area contributed by atoms with E-state index in [9.17, 15) is 13.0 Å². The summed E-state index contributed by atoms with van der Waals surface area (Å²) in [7, 11) is -1.37. The third kappa shape index (κ3) is 3.31. The Balaban J connectivity index is 2.01. The van der Waals surface area contributed by atoms with E-state index >= 15 is 0 Å². The number of nitrogens with one attached hydrogen (secondary N) is 1. The van der Waals surface area contributed by atoms with E-state index in [0.717, 1.165) is 18.7 Å². The predicted octanol–water partition coefficient (Wildman–Crippen LogP) is 1.06. The summed E-state index contributed by atoms with van der Waals surface area (Å²) in [6.07, 6.45) is -0.141. The summed E-state index contributed by atoms with van der Waals surface area (Å²) in [5.41, 5.74) is 0. The van der Waals surface area contributed by atoms with E-state index in [1.54, 1.807) is 0 Å². The van der Waals surface area contributed by atoms with E-state index in [-0.39, 0.29) is 16.8 Å². The molecule has 1 heterocycles. The maximum Gasteiger partial charge on any atom is 0.160 e. The van der Waals surface area contributed by atoms with Crippen LogP contribution in [0.4, 0.5) is 8.78 Å². The van der Waals surface area contributed by atoms with Crippen LogP contribution in [-0.4, -0.2) is 35.8 Å². The van der Waals surface area contributed by atoms with Gasteiger partial charge in [-0.05, 0) is 18.2 Å². The summed E-state index contributed by atoms with van der Waals surface area (Å²) in [6, 6.07) is 3.30. The molecule has 2 atom stereocenters. The van der Waals surface area contributed by atoms with E-state index in [1.807, 2.05) is 0 Å². The van der Waals surface area contributed by atoms with Gasteiger partial charge in [0.25, 0.3) is 0 Å².